The van der Waals surface area contributed by atoms with Crippen LogP contribution in [0.25, 0.3) is 0 Å². The quantitative estimate of drug-likeness (QED) is 0.733. The van der Waals surface area contributed by atoms with Gasteiger partial charge < -0.3 is 10.6 Å². The van der Waals surface area contributed by atoms with Crippen LogP contribution in [-0.2, 0) is 9.59 Å². The topological polar surface area (TPSA) is 63.4 Å². The maximum absolute atomic E-state index is 11.2. The van der Waals surface area contributed by atoms with E-state index in [9.17, 15) is 9.59 Å². The van der Waals surface area contributed by atoms with Gasteiger partial charge in [0.2, 0.25) is 5.91 Å². The van der Waals surface area contributed by atoms with Crippen LogP contribution in [0.1, 0.15) is 39.5 Å². The molecule has 4 nitrogen and oxygen atoms in total. The van der Waals surface area contributed by atoms with Crippen molar-refractivity contribution < 1.29 is 9.59 Å². The Morgan fingerprint density at radius 1 is 1.44 bits per heavy atom. The lowest BCUT2D eigenvalue weighted by molar-refractivity contribution is -0.126. The molecule has 0 radical (unpaired) electrons. The fourth-order valence-corrected chi connectivity index (χ4v) is 2.13. The highest BCUT2D eigenvalue weighted by atomic mass is 16.1. The molecule has 0 spiro atoms. The highest BCUT2D eigenvalue weighted by Crippen LogP contribution is 2.29. The minimum absolute atomic E-state index is 0.209. The van der Waals surface area contributed by atoms with Crippen molar-refractivity contribution >= 4 is 11.7 Å². The van der Waals surface area contributed by atoms with Crippen LogP contribution in [0.5, 0.6) is 0 Å². The molecule has 0 aliphatic carbocycles. The van der Waals surface area contributed by atoms with E-state index in [1.54, 1.807) is 0 Å². The Balaban J connectivity index is 2.27. The van der Waals surface area contributed by atoms with E-state index in [-0.39, 0.29) is 11.3 Å². The standard InChI is InChI=1S/C12H22N2O2/c1-3-10(15)5-4-7-14-8-6-12(2,9-14)11(13)16/h3-9H2,1-2H3,(H2,13,16). The first-order valence-electron chi connectivity index (χ1n) is 6.02. The molecule has 0 aromatic carbocycles. The number of carbonyl (C=O) groups excluding carboxylic acids is 2. The maximum atomic E-state index is 11.2. The fourth-order valence-electron chi connectivity index (χ4n) is 2.13. The predicted octanol–water partition coefficient (Wildman–Crippen LogP) is 0.943. The first-order valence-corrected chi connectivity index (χ1v) is 6.02. The molecule has 1 unspecified atom stereocenters. The van der Waals surface area contributed by atoms with E-state index in [0.29, 0.717) is 18.6 Å². The van der Waals surface area contributed by atoms with Gasteiger partial charge in [-0.1, -0.05) is 6.92 Å². The highest BCUT2D eigenvalue weighted by Gasteiger charge is 2.38. The third-order valence-electron chi connectivity index (χ3n) is 3.47. The minimum Gasteiger partial charge on any atom is -0.369 e. The third-order valence-corrected chi connectivity index (χ3v) is 3.47. The summed E-state index contributed by atoms with van der Waals surface area (Å²) in [7, 11) is 0. The lowest BCUT2D eigenvalue weighted by atomic mass is 9.89. The van der Waals surface area contributed by atoms with Crippen molar-refractivity contribution in [2.75, 3.05) is 19.6 Å². The molecule has 16 heavy (non-hydrogen) atoms. The van der Waals surface area contributed by atoms with Crippen molar-refractivity contribution in [2.24, 2.45) is 11.1 Å². The molecule has 2 N–H and O–H groups in total. The highest BCUT2D eigenvalue weighted by molar-refractivity contribution is 5.81. The van der Waals surface area contributed by atoms with Gasteiger partial charge in [-0.25, -0.2) is 0 Å². The number of nitrogens with two attached hydrogens (primary N) is 1. The lowest BCUT2D eigenvalue weighted by Crippen LogP contribution is -2.37. The number of amides is 1. The zero-order valence-corrected chi connectivity index (χ0v) is 10.3. The van der Waals surface area contributed by atoms with Gasteiger partial charge in [0.1, 0.15) is 5.78 Å². The number of carbonyl (C=O) groups is 2. The third kappa shape index (κ3) is 3.30. The average Bonchev–Trinajstić information content (AvgIpc) is 2.61. The number of hydrogen-bond donors (Lipinski definition) is 1. The summed E-state index contributed by atoms with van der Waals surface area (Å²) in [5.74, 6) is 0.108. The molecule has 1 heterocycles. The summed E-state index contributed by atoms with van der Waals surface area (Å²) in [6.45, 7) is 6.37. The number of hydrogen-bond acceptors (Lipinski definition) is 3. The SMILES string of the molecule is CCC(=O)CCCN1CCC(C)(C(N)=O)C1. The van der Waals surface area contributed by atoms with Crippen LogP contribution in [0.4, 0.5) is 0 Å². The Morgan fingerprint density at radius 2 is 2.12 bits per heavy atom. The van der Waals surface area contributed by atoms with Crippen molar-refractivity contribution in [1.29, 1.82) is 0 Å². The second kappa shape index (κ2) is 5.43. The molecule has 1 aliphatic rings. The molecular weight excluding hydrogens is 204 g/mol. The zero-order chi connectivity index (χ0) is 12.2. The van der Waals surface area contributed by atoms with Gasteiger partial charge in [0.25, 0.3) is 0 Å². The van der Waals surface area contributed by atoms with Gasteiger partial charge in [0.15, 0.2) is 0 Å². The number of likely N-dealkylation sites (tertiary alicyclic amines) is 1. The van der Waals surface area contributed by atoms with Crippen LogP contribution in [0.2, 0.25) is 0 Å². The summed E-state index contributed by atoms with van der Waals surface area (Å²) in [5.41, 5.74) is 5.01. The summed E-state index contributed by atoms with van der Waals surface area (Å²) in [6, 6.07) is 0. The average molecular weight is 226 g/mol. The predicted molar refractivity (Wildman–Crippen MR) is 62.9 cm³/mol. The van der Waals surface area contributed by atoms with Crippen molar-refractivity contribution in [3.05, 3.63) is 0 Å². The number of rotatable bonds is 6. The van der Waals surface area contributed by atoms with E-state index in [1.165, 1.54) is 0 Å². The van der Waals surface area contributed by atoms with Crippen LogP contribution in [0, 0.1) is 5.41 Å². The molecule has 1 fully saturated rings. The number of nitrogens with zero attached hydrogens (tertiary/aromatic N) is 1. The second-order valence-electron chi connectivity index (χ2n) is 4.95. The lowest BCUT2D eigenvalue weighted by Gasteiger charge is -2.20. The first kappa shape index (κ1) is 13.2. The summed E-state index contributed by atoms with van der Waals surface area (Å²) in [6.07, 6.45) is 3.00. The molecule has 4 heteroatoms. The van der Waals surface area contributed by atoms with Gasteiger partial charge in [-0.15, -0.1) is 0 Å². The molecule has 0 bridgehead atoms. The van der Waals surface area contributed by atoms with Gasteiger partial charge in [0, 0.05) is 19.4 Å². The molecule has 1 atom stereocenters. The van der Waals surface area contributed by atoms with Gasteiger partial charge in [-0.2, -0.15) is 0 Å². The number of Topliss-reactive ketones (excluding diaryl/α,β-unsaturated/α-hetero) is 1. The molecular formula is C12H22N2O2. The zero-order valence-electron chi connectivity index (χ0n) is 10.3. The fraction of sp³-hybridized carbons (Fsp3) is 0.833. The van der Waals surface area contributed by atoms with Crippen LogP contribution in [0.3, 0.4) is 0 Å². The van der Waals surface area contributed by atoms with E-state index in [4.69, 9.17) is 5.73 Å². The Hall–Kier alpha value is -0.900. The van der Waals surface area contributed by atoms with E-state index < -0.39 is 0 Å². The Labute approximate surface area is 97.2 Å². The molecule has 1 amide bonds. The molecule has 92 valence electrons. The van der Waals surface area contributed by atoms with E-state index in [1.807, 2.05) is 13.8 Å². The summed E-state index contributed by atoms with van der Waals surface area (Å²) in [4.78, 5) is 24.6. The van der Waals surface area contributed by atoms with E-state index in [2.05, 4.69) is 4.90 Å². The molecule has 1 saturated heterocycles. The summed E-state index contributed by atoms with van der Waals surface area (Å²) in [5, 5.41) is 0. The normalized spacial score (nSPS) is 25.9. The summed E-state index contributed by atoms with van der Waals surface area (Å²) >= 11 is 0. The van der Waals surface area contributed by atoms with E-state index >= 15 is 0 Å². The van der Waals surface area contributed by atoms with Gasteiger partial charge in [-0.05, 0) is 32.9 Å². The number of ketones is 1. The van der Waals surface area contributed by atoms with Crippen molar-refractivity contribution in [1.82, 2.24) is 4.90 Å². The molecule has 0 aromatic rings. The van der Waals surface area contributed by atoms with Crippen molar-refractivity contribution in [2.45, 2.75) is 39.5 Å². The van der Waals surface area contributed by atoms with Gasteiger partial charge >= 0.3 is 0 Å². The largest absolute Gasteiger partial charge is 0.369 e. The van der Waals surface area contributed by atoms with Crippen molar-refractivity contribution in [3.8, 4) is 0 Å². The first-order chi connectivity index (χ1) is 7.48. The minimum atomic E-state index is -0.366. The Morgan fingerprint density at radius 3 is 2.62 bits per heavy atom. The molecule has 0 saturated carbocycles. The van der Waals surface area contributed by atoms with Gasteiger partial charge in [0.05, 0.1) is 5.41 Å². The molecule has 1 rings (SSSR count). The summed E-state index contributed by atoms with van der Waals surface area (Å²) < 4.78 is 0. The smallest absolute Gasteiger partial charge is 0.224 e. The van der Waals surface area contributed by atoms with Crippen molar-refractivity contribution in [3.63, 3.8) is 0 Å². The second-order valence-corrected chi connectivity index (χ2v) is 4.95. The Bertz CT molecular complexity index is 278. The Kier molecular flexibility index (Phi) is 4.47. The van der Waals surface area contributed by atoms with Crippen LogP contribution < -0.4 is 5.73 Å². The van der Waals surface area contributed by atoms with Gasteiger partial charge in [-0.3, -0.25) is 9.59 Å². The van der Waals surface area contributed by atoms with Crippen LogP contribution in [0.15, 0.2) is 0 Å². The van der Waals surface area contributed by atoms with Crippen LogP contribution >= 0.6 is 0 Å². The van der Waals surface area contributed by atoms with Crippen LogP contribution in [-0.4, -0.2) is 36.2 Å². The molecule has 1 aliphatic heterocycles. The maximum Gasteiger partial charge on any atom is 0.224 e. The molecule has 0 aromatic heterocycles. The monoisotopic (exact) mass is 226 g/mol. The number of primary amides is 1. The van der Waals surface area contributed by atoms with E-state index in [0.717, 1.165) is 32.5 Å².